The van der Waals surface area contributed by atoms with Crippen molar-refractivity contribution in [3.63, 3.8) is 0 Å². The summed E-state index contributed by atoms with van der Waals surface area (Å²) in [6, 6.07) is 2.14. The lowest BCUT2D eigenvalue weighted by molar-refractivity contribution is 0.0807. The molecule has 1 aromatic heterocycles. The fourth-order valence-corrected chi connectivity index (χ4v) is 2.25. The van der Waals surface area contributed by atoms with Gasteiger partial charge in [0.25, 0.3) is 0 Å². The minimum atomic E-state index is 0.326. The Bertz CT molecular complexity index is 262. The van der Waals surface area contributed by atoms with Crippen molar-refractivity contribution >= 4 is 27.3 Å². The molecular weight excluding hydrogens is 262 g/mol. The van der Waals surface area contributed by atoms with Crippen LogP contribution in [0.3, 0.4) is 0 Å². The summed E-state index contributed by atoms with van der Waals surface area (Å²) in [5, 5.41) is 5.48. The fraction of sp³-hybridized carbons (Fsp3) is 0.600. The van der Waals surface area contributed by atoms with Crippen molar-refractivity contribution in [2.24, 2.45) is 0 Å². The van der Waals surface area contributed by atoms with Gasteiger partial charge in [-0.1, -0.05) is 0 Å². The molecule has 0 fully saturated rings. The third kappa shape index (κ3) is 5.10. The Kier molecular flexibility index (Phi) is 5.70. The molecule has 0 spiro atoms. The maximum atomic E-state index is 5.42. The van der Waals surface area contributed by atoms with Crippen LogP contribution in [0.5, 0.6) is 0 Å². The van der Waals surface area contributed by atoms with Gasteiger partial charge in [0.05, 0.1) is 16.5 Å². The average molecular weight is 278 g/mol. The molecule has 1 aromatic rings. The van der Waals surface area contributed by atoms with E-state index in [-0.39, 0.29) is 0 Å². The van der Waals surface area contributed by atoms with Crippen molar-refractivity contribution in [3.8, 4) is 0 Å². The summed E-state index contributed by atoms with van der Waals surface area (Å²) in [5.74, 6) is 0. The van der Waals surface area contributed by atoms with Gasteiger partial charge in [0, 0.05) is 13.1 Å². The predicted octanol–water partition coefficient (Wildman–Crippen LogP) is 3.03. The van der Waals surface area contributed by atoms with Crippen LogP contribution in [0.25, 0.3) is 0 Å². The Morgan fingerprint density at radius 2 is 2.36 bits per heavy atom. The van der Waals surface area contributed by atoms with E-state index < -0.39 is 0 Å². The Balaban J connectivity index is 2.04. The van der Waals surface area contributed by atoms with Crippen LogP contribution in [0.1, 0.15) is 19.4 Å². The number of nitrogens with one attached hydrogen (secondary N) is 1. The second kappa shape index (κ2) is 6.56. The van der Waals surface area contributed by atoms with E-state index in [1.54, 1.807) is 11.3 Å². The first-order chi connectivity index (χ1) is 6.68. The van der Waals surface area contributed by atoms with Gasteiger partial charge in [0.1, 0.15) is 0 Å². The molecule has 0 atom stereocenters. The zero-order valence-corrected chi connectivity index (χ0v) is 11.0. The van der Waals surface area contributed by atoms with Gasteiger partial charge in [-0.05, 0) is 46.8 Å². The molecule has 0 amide bonds. The molecule has 1 rings (SSSR count). The van der Waals surface area contributed by atoms with Crippen LogP contribution < -0.4 is 5.32 Å². The number of halogens is 1. The summed E-state index contributed by atoms with van der Waals surface area (Å²) in [7, 11) is 0. The third-order valence-corrected chi connectivity index (χ3v) is 3.23. The molecule has 1 heterocycles. The highest BCUT2D eigenvalue weighted by molar-refractivity contribution is 9.11. The van der Waals surface area contributed by atoms with Crippen LogP contribution >= 0.6 is 27.3 Å². The monoisotopic (exact) mass is 277 g/mol. The molecule has 0 saturated heterocycles. The van der Waals surface area contributed by atoms with Crippen molar-refractivity contribution in [1.29, 1.82) is 0 Å². The molecule has 14 heavy (non-hydrogen) atoms. The number of ether oxygens (including phenoxy) is 1. The smallest absolute Gasteiger partial charge is 0.0701 e. The first-order valence-electron chi connectivity index (χ1n) is 4.73. The highest BCUT2D eigenvalue weighted by atomic mass is 79.9. The lowest BCUT2D eigenvalue weighted by Gasteiger charge is -2.07. The molecule has 80 valence electrons. The zero-order valence-electron chi connectivity index (χ0n) is 8.55. The van der Waals surface area contributed by atoms with Gasteiger partial charge in [-0.2, -0.15) is 0 Å². The standard InChI is InChI=1S/C10H16BrNOS/c1-8(2)13-4-3-12-6-9-5-10(11)14-7-9/h5,7-8,12H,3-4,6H2,1-2H3. The summed E-state index contributed by atoms with van der Waals surface area (Å²) in [4.78, 5) is 0. The van der Waals surface area contributed by atoms with Gasteiger partial charge in [0.15, 0.2) is 0 Å². The molecule has 0 saturated carbocycles. The van der Waals surface area contributed by atoms with E-state index in [1.807, 2.05) is 0 Å². The molecule has 0 bridgehead atoms. The fourth-order valence-electron chi connectivity index (χ4n) is 1.04. The summed E-state index contributed by atoms with van der Waals surface area (Å²) in [6.07, 6.45) is 0.326. The largest absolute Gasteiger partial charge is 0.377 e. The molecule has 0 aliphatic heterocycles. The lowest BCUT2D eigenvalue weighted by Crippen LogP contribution is -2.20. The van der Waals surface area contributed by atoms with E-state index in [4.69, 9.17) is 4.74 Å². The first-order valence-corrected chi connectivity index (χ1v) is 6.41. The molecule has 0 radical (unpaired) electrons. The predicted molar refractivity (Wildman–Crippen MR) is 64.8 cm³/mol. The summed E-state index contributed by atoms with van der Waals surface area (Å²) in [5.41, 5.74) is 1.33. The van der Waals surface area contributed by atoms with Crippen molar-refractivity contribution in [2.45, 2.75) is 26.5 Å². The zero-order chi connectivity index (χ0) is 10.4. The van der Waals surface area contributed by atoms with Gasteiger partial charge >= 0.3 is 0 Å². The van der Waals surface area contributed by atoms with Gasteiger partial charge < -0.3 is 10.1 Å². The maximum Gasteiger partial charge on any atom is 0.0701 e. The van der Waals surface area contributed by atoms with Crippen molar-refractivity contribution in [3.05, 3.63) is 20.8 Å². The Labute approximate surface area is 97.8 Å². The van der Waals surface area contributed by atoms with E-state index >= 15 is 0 Å². The van der Waals surface area contributed by atoms with Gasteiger partial charge in [-0.15, -0.1) is 11.3 Å². The van der Waals surface area contributed by atoms with E-state index in [0.717, 1.165) is 19.7 Å². The van der Waals surface area contributed by atoms with Crippen LogP contribution in [-0.2, 0) is 11.3 Å². The Morgan fingerprint density at radius 3 is 2.93 bits per heavy atom. The average Bonchev–Trinajstić information content (AvgIpc) is 2.50. The molecule has 0 unspecified atom stereocenters. The van der Waals surface area contributed by atoms with E-state index in [9.17, 15) is 0 Å². The normalized spacial score (nSPS) is 11.1. The highest BCUT2D eigenvalue weighted by Crippen LogP contribution is 2.20. The number of hydrogen-bond donors (Lipinski definition) is 1. The minimum absolute atomic E-state index is 0.326. The van der Waals surface area contributed by atoms with Crippen molar-refractivity contribution in [1.82, 2.24) is 5.32 Å². The molecule has 0 aliphatic rings. The van der Waals surface area contributed by atoms with Gasteiger partial charge in [0.2, 0.25) is 0 Å². The number of hydrogen-bond acceptors (Lipinski definition) is 3. The summed E-state index contributed by atoms with van der Waals surface area (Å²) < 4.78 is 6.60. The van der Waals surface area contributed by atoms with Crippen LogP contribution in [0.15, 0.2) is 15.2 Å². The molecule has 0 aromatic carbocycles. The van der Waals surface area contributed by atoms with Crippen molar-refractivity contribution < 1.29 is 4.74 Å². The molecule has 1 N–H and O–H groups in total. The SMILES string of the molecule is CC(C)OCCNCc1csc(Br)c1. The second-order valence-corrected chi connectivity index (χ2v) is 5.65. The minimum Gasteiger partial charge on any atom is -0.377 e. The highest BCUT2D eigenvalue weighted by Gasteiger charge is 1.96. The second-order valence-electron chi connectivity index (χ2n) is 3.36. The molecular formula is C10H16BrNOS. The van der Waals surface area contributed by atoms with Crippen LogP contribution in [0.4, 0.5) is 0 Å². The summed E-state index contributed by atoms with van der Waals surface area (Å²) >= 11 is 5.16. The quantitative estimate of drug-likeness (QED) is 0.808. The number of thiophene rings is 1. The van der Waals surface area contributed by atoms with Crippen LogP contribution in [0, 0.1) is 0 Å². The Hall–Kier alpha value is 0.100. The number of rotatable bonds is 6. The summed E-state index contributed by atoms with van der Waals surface area (Å²) in [6.45, 7) is 6.71. The van der Waals surface area contributed by atoms with Crippen LogP contribution in [0.2, 0.25) is 0 Å². The molecule has 4 heteroatoms. The van der Waals surface area contributed by atoms with E-state index in [0.29, 0.717) is 6.10 Å². The van der Waals surface area contributed by atoms with Gasteiger partial charge in [-0.25, -0.2) is 0 Å². The van der Waals surface area contributed by atoms with E-state index in [2.05, 4.69) is 46.5 Å². The lowest BCUT2D eigenvalue weighted by atomic mass is 10.3. The Morgan fingerprint density at radius 1 is 1.57 bits per heavy atom. The van der Waals surface area contributed by atoms with Crippen molar-refractivity contribution in [2.75, 3.05) is 13.2 Å². The molecule has 2 nitrogen and oxygen atoms in total. The van der Waals surface area contributed by atoms with E-state index in [1.165, 1.54) is 9.35 Å². The molecule has 0 aliphatic carbocycles. The van der Waals surface area contributed by atoms with Gasteiger partial charge in [-0.3, -0.25) is 0 Å². The van der Waals surface area contributed by atoms with Crippen LogP contribution in [-0.4, -0.2) is 19.3 Å². The first kappa shape index (κ1) is 12.2. The topological polar surface area (TPSA) is 21.3 Å². The maximum absolute atomic E-state index is 5.42. The third-order valence-electron chi connectivity index (χ3n) is 1.68.